The smallest absolute Gasteiger partial charge is 0.316 e. The van der Waals surface area contributed by atoms with Crippen LogP contribution in [0.25, 0.3) is 0 Å². The molecule has 0 saturated heterocycles. The van der Waals surface area contributed by atoms with Crippen molar-refractivity contribution in [2.24, 2.45) is 5.41 Å². The van der Waals surface area contributed by atoms with Crippen LogP contribution in [0, 0.1) is 5.41 Å². The SMILES string of the molecule is CC(C)(C)OC(=O)C1(C)C=CCCCCC1. The summed E-state index contributed by atoms with van der Waals surface area (Å²) >= 11 is 0. The average molecular weight is 224 g/mol. The van der Waals surface area contributed by atoms with Gasteiger partial charge in [-0.15, -0.1) is 0 Å². The Morgan fingerprint density at radius 1 is 1.25 bits per heavy atom. The summed E-state index contributed by atoms with van der Waals surface area (Å²) in [5.74, 6) is -0.0850. The van der Waals surface area contributed by atoms with Crippen LogP contribution in [-0.2, 0) is 9.53 Å². The van der Waals surface area contributed by atoms with Gasteiger partial charge >= 0.3 is 5.97 Å². The normalized spacial score (nSPS) is 27.0. The second-order valence-corrected chi connectivity index (χ2v) is 5.92. The van der Waals surface area contributed by atoms with Gasteiger partial charge in [0.2, 0.25) is 0 Å². The third-order valence-electron chi connectivity index (χ3n) is 2.92. The monoisotopic (exact) mass is 224 g/mol. The fraction of sp³-hybridized carbons (Fsp3) is 0.786. The van der Waals surface area contributed by atoms with Crippen molar-refractivity contribution in [2.45, 2.75) is 65.4 Å². The summed E-state index contributed by atoms with van der Waals surface area (Å²) in [7, 11) is 0. The maximum atomic E-state index is 12.1. The topological polar surface area (TPSA) is 26.3 Å². The molecule has 1 unspecified atom stereocenters. The van der Waals surface area contributed by atoms with Gasteiger partial charge in [-0.2, -0.15) is 0 Å². The van der Waals surface area contributed by atoms with Gasteiger partial charge in [-0.25, -0.2) is 0 Å². The highest BCUT2D eigenvalue weighted by molar-refractivity contribution is 5.79. The lowest BCUT2D eigenvalue weighted by Crippen LogP contribution is -2.34. The zero-order valence-corrected chi connectivity index (χ0v) is 11.0. The molecule has 0 aromatic rings. The van der Waals surface area contributed by atoms with Gasteiger partial charge in [-0.3, -0.25) is 4.79 Å². The summed E-state index contributed by atoms with van der Waals surface area (Å²) in [5.41, 5.74) is -0.815. The highest BCUT2D eigenvalue weighted by Crippen LogP contribution is 2.32. The van der Waals surface area contributed by atoms with Crippen molar-refractivity contribution in [2.75, 3.05) is 0 Å². The third-order valence-corrected chi connectivity index (χ3v) is 2.92. The standard InChI is InChI=1S/C14H24O2/c1-13(2,3)16-12(15)14(4)10-8-6-5-7-9-11-14/h8,10H,5-7,9,11H2,1-4H3. The number of hydrogen-bond donors (Lipinski definition) is 0. The predicted octanol–water partition coefficient (Wildman–Crippen LogP) is 3.85. The first-order valence-electron chi connectivity index (χ1n) is 6.25. The van der Waals surface area contributed by atoms with Crippen LogP contribution in [0.2, 0.25) is 0 Å². The molecule has 0 amide bonds. The summed E-state index contributed by atoms with van der Waals surface area (Å²) in [6.45, 7) is 7.74. The summed E-state index contributed by atoms with van der Waals surface area (Å²) in [4.78, 5) is 12.1. The van der Waals surface area contributed by atoms with Crippen molar-refractivity contribution in [1.82, 2.24) is 0 Å². The van der Waals surface area contributed by atoms with Gasteiger partial charge in [0.25, 0.3) is 0 Å². The summed E-state index contributed by atoms with van der Waals surface area (Å²) in [6.07, 6.45) is 9.71. The molecule has 1 atom stereocenters. The molecule has 0 fully saturated rings. The summed E-state index contributed by atoms with van der Waals surface area (Å²) in [6, 6.07) is 0. The van der Waals surface area contributed by atoms with Gasteiger partial charge in [-0.05, 0) is 47.0 Å². The van der Waals surface area contributed by atoms with Crippen LogP contribution in [0.1, 0.15) is 59.8 Å². The molecule has 0 heterocycles. The third kappa shape index (κ3) is 3.99. The first kappa shape index (κ1) is 13.3. The number of carbonyl (C=O) groups is 1. The minimum Gasteiger partial charge on any atom is -0.459 e. The van der Waals surface area contributed by atoms with E-state index in [9.17, 15) is 4.79 Å². The van der Waals surface area contributed by atoms with E-state index in [4.69, 9.17) is 4.74 Å². The Balaban J connectivity index is 2.73. The second-order valence-electron chi connectivity index (χ2n) is 5.92. The minimum absolute atomic E-state index is 0.0850. The first-order chi connectivity index (χ1) is 7.33. The van der Waals surface area contributed by atoms with Crippen LogP contribution in [0.15, 0.2) is 12.2 Å². The number of esters is 1. The fourth-order valence-corrected chi connectivity index (χ4v) is 1.92. The Morgan fingerprint density at radius 3 is 2.56 bits per heavy atom. The molecule has 0 spiro atoms. The summed E-state index contributed by atoms with van der Waals surface area (Å²) < 4.78 is 5.49. The van der Waals surface area contributed by atoms with E-state index in [-0.39, 0.29) is 5.97 Å². The van der Waals surface area contributed by atoms with E-state index in [1.165, 1.54) is 12.8 Å². The largest absolute Gasteiger partial charge is 0.459 e. The molecule has 16 heavy (non-hydrogen) atoms. The van der Waals surface area contributed by atoms with Gasteiger partial charge in [-0.1, -0.05) is 25.0 Å². The van der Waals surface area contributed by atoms with Crippen molar-refractivity contribution in [3.63, 3.8) is 0 Å². The van der Waals surface area contributed by atoms with Crippen molar-refractivity contribution >= 4 is 5.97 Å². The lowest BCUT2D eigenvalue weighted by Gasteiger charge is -2.30. The molecule has 1 aliphatic rings. The number of allylic oxidation sites excluding steroid dienone is 1. The lowest BCUT2D eigenvalue weighted by molar-refractivity contribution is -0.164. The maximum absolute atomic E-state index is 12.1. The molecule has 2 nitrogen and oxygen atoms in total. The van der Waals surface area contributed by atoms with Crippen LogP contribution < -0.4 is 0 Å². The molecular formula is C14H24O2. The Kier molecular flexibility index (Phi) is 4.17. The summed E-state index contributed by atoms with van der Waals surface area (Å²) in [5, 5.41) is 0. The van der Waals surface area contributed by atoms with Gasteiger partial charge in [0.1, 0.15) is 5.60 Å². The van der Waals surface area contributed by atoms with Gasteiger partial charge in [0, 0.05) is 0 Å². The van der Waals surface area contributed by atoms with E-state index >= 15 is 0 Å². The molecule has 0 radical (unpaired) electrons. The molecule has 0 N–H and O–H groups in total. The molecule has 2 heteroatoms. The lowest BCUT2D eigenvalue weighted by atomic mass is 9.82. The predicted molar refractivity (Wildman–Crippen MR) is 66.2 cm³/mol. The van der Waals surface area contributed by atoms with Crippen LogP contribution in [0.5, 0.6) is 0 Å². The van der Waals surface area contributed by atoms with E-state index < -0.39 is 11.0 Å². The maximum Gasteiger partial charge on any atom is 0.316 e. The Labute approximate surface area is 99.1 Å². The molecular weight excluding hydrogens is 200 g/mol. The van der Waals surface area contributed by atoms with E-state index in [2.05, 4.69) is 6.08 Å². The Morgan fingerprint density at radius 2 is 1.94 bits per heavy atom. The molecule has 0 saturated carbocycles. The fourth-order valence-electron chi connectivity index (χ4n) is 1.92. The number of carbonyl (C=O) groups excluding carboxylic acids is 1. The average Bonchev–Trinajstić information content (AvgIpc) is 2.08. The van der Waals surface area contributed by atoms with Gasteiger partial charge < -0.3 is 4.74 Å². The molecule has 1 rings (SSSR count). The van der Waals surface area contributed by atoms with Gasteiger partial charge in [0.15, 0.2) is 0 Å². The number of rotatable bonds is 1. The quantitative estimate of drug-likeness (QED) is 0.499. The van der Waals surface area contributed by atoms with E-state index in [1.54, 1.807) is 0 Å². The van der Waals surface area contributed by atoms with E-state index in [0.29, 0.717) is 0 Å². The van der Waals surface area contributed by atoms with Crippen LogP contribution in [0.3, 0.4) is 0 Å². The minimum atomic E-state index is -0.423. The first-order valence-corrected chi connectivity index (χ1v) is 6.25. The number of hydrogen-bond acceptors (Lipinski definition) is 2. The second kappa shape index (κ2) is 5.03. The van der Waals surface area contributed by atoms with Crippen molar-refractivity contribution in [3.8, 4) is 0 Å². The number of ether oxygens (including phenoxy) is 1. The zero-order chi connectivity index (χ0) is 12.2. The Hall–Kier alpha value is -0.790. The molecule has 0 bridgehead atoms. The highest BCUT2D eigenvalue weighted by atomic mass is 16.6. The molecule has 1 aliphatic carbocycles. The molecule has 92 valence electrons. The van der Waals surface area contributed by atoms with E-state index in [0.717, 1.165) is 19.3 Å². The zero-order valence-electron chi connectivity index (χ0n) is 11.0. The highest BCUT2D eigenvalue weighted by Gasteiger charge is 2.34. The molecule has 0 aromatic carbocycles. The van der Waals surface area contributed by atoms with Crippen LogP contribution >= 0.6 is 0 Å². The molecule has 0 aliphatic heterocycles. The van der Waals surface area contributed by atoms with Crippen molar-refractivity contribution in [1.29, 1.82) is 0 Å². The molecule has 0 aromatic heterocycles. The van der Waals surface area contributed by atoms with Crippen molar-refractivity contribution in [3.05, 3.63) is 12.2 Å². The van der Waals surface area contributed by atoms with Crippen LogP contribution in [0.4, 0.5) is 0 Å². The Bertz CT molecular complexity index is 273. The van der Waals surface area contributed by atoms with Gasteiger partial charge in [0.05, 0.1) is 5.41 Å². The van der Waals surface area contributed by atoms with Crippen LogP contribution in [-0.4, -0.2) is 11.6 Å². The van der Waals surface area contributed by atoms with Crippen molar-refractivity contribution < 1.29 is 9.53 Å². The van der Waals surface area contributed by atoms with E-state index in [1.807, 2.05) is 33.8 Å².